The van der Waals surface area contributed by atoms with Crippen molar-refractivity contribution < 1.29 is 13.5 Å². The van der Waals surface area contributed by atoms with Crippen LogP contribution in [0, 0.1) is 5.92 Å². The third-order valence-electron chi connectivity index (χ3n) is 3.54. The van der Waals surface area contributed by atoms with E-state index in [4.69, 9.17) is 4.74 Å². The van der Waals surface area contributed by atoms with Gasteiger partial charge in [0, 0.05) is 24.6 Å². The van der Waals surface area contributed by atoms with Crippen molar-refractivity contribution in [2.75, 3.05) is 19.7 Å². The van der Waals surface area contributed by atoms with Crippen LogP contribution in [0.15, 0.2) is 24.3 Å². The van der Waals surface area contributed by atoms with Crippen molar-refractivity contribution in [3.05, 3.63) is 35.4 Å². The van der Waals surface area contributed by atoms with E-state index in [1.807, 2.05) is 6.07 Å². The number of rotatable bonds is 6. The predicted molar refractivity (Wildman–Crippen MR) is 71.4 cm³/mol. The van der Waals surface area contributed by atoms with Crippen LogP contribution in [0.3, 0.4) is 0 Å². The molecule has 4 heteroatoms. The summed E-state index contributed by atoms with van der Waals surface area (Å²) in [6.45, 7) is 4.71. The molecule has 1 fully saturated rings. The highest BCUT2D eigenvalue weighted by Gasteiger charge is 2.29. The summed E-state index contributed by atoms with van der Waals surface area (Å²) in [6.07, 6.45) is -0.388. The van der Waals surface area contributed by atoms with Crippen LogP contribution < -0.4 is 5.32 Å². The molecule has 2 rings (SSSR count). The Morgan fingerprint density at radius 1 is 1.42 bits per heavy atom. The molecule has 1 saturated heterocycles. The highest BCUT2D eigenvalue weighted by molar-refractivity contribution is 5.27. The SMILES string of the molecule is CCCNCC1CCOC1c1cccc(C(F)F)c1. The highest BCUT2D eigenvalue weighted by Crippen LogP contribution is 2.35. The minimum absolute atomic E-state index is 0.0527. The van der Waals surface area contributed by atoms with Gasteiger partial charge >= 0.3 is 0 Å². The van der Waals surface area contributed by atoms with Crippen molar-refractivity contribution in [2.24, 2.45) is 5.92 Å². The molecule has 1 heterocycles. The third-order valence-corrected chi connectivity index (χ3v) is 3.54. The maximum Gasteiger partial charge on any atom is 0.263 e. The second kappa shape index (κ2) is 6.96. The van der Waals surface area contributed by atoms with E-state index < -0.39 is 6.43 Å². The fourth-order valence-electron chi connectivity index (χ4n) is 2.55. The molecule has 0 spiro atoms. The Labute approximate surface area is 113 Å². The van der Waals surface area contributed by atoms with Crippen LogP contribution in [0.2, 0.25) is 0 Å². The fourth-order valence-corrected chi connectivity index (χ4v) is 2.55. The molecular formula is C15H21F2NO. The van der Waals surface area contributed by atoms with Crippen LogP contribution >= 0.6 is 0 Å². The maximum atomic E-state index is 12.7. The van der Waals surface area contributed by atoms with E-state index in [0.717, 1.165) is 31.5 Å². The normalized spacial score (nSPS) is 23.2. The molecule has 2 unspecified atom stereocenters. The Kier molecular flexibility index (Phi) is 5.28. The second-order valence-corrected chi connectivity index (χ2v) is 5.02. The standard InChI is InChI=1S/C15H21F2NO/c1-2-7-18-10-13-6-8-19-14(13)11-4-3-5-12(9-11)15(16)17/h3-5,9,13-15,18H,2,6-8,10H2,1H3. The van der Waals surface area contributed by atoms with Gasteiger partial charge < -0.3 is 10.1 Å². The maximum absolute atomic E-state index is 12.7. The molecule has 1 aliphatic rings. The van der Waals surface area contributed by atoms with Gasteiger partial charge in [0.15, 0.2) is 0 Å². The summed E-state index contributed by atoms with van der Waals surface area (Å²) in [5, 5.41) is 3.39. The van der Waals surface area contributed by atoms with Crippen molar-refractivity contribution in [3.8, 4) is 0 Å². The Hall–Kier alpha value is -1.00. The molecule has 1 aromatic rings. The van der Waals surface area contributed by atoms with Crippen molar-refractivity contribution in [1.82, 2.24) is 5.32 Å². The number of ether oxygens (including phenoxy) is 1. The fraction of sp³-hybridized carbons (Fsp3) is 0.600. The molecule has 2 nitrogen and oxygen atoms in total. The molecule has 106 valence electrons. The van der Waals surface area contributed by atoms with Crippen LogP contribution in [-0.2, 0) is 4.74 Å². The number of alkyl halides is 2. The van der Waals surface area contributed by atoms with Gasteiger partial charge in [-0.2, -0.15) is 0 Å². The van der Waals surface area contributed by atoms with Gasteiger partial charge in [-0.05, 0) is 31.0 Å². The van der Waals surface area contributed by atoms with E-state index in [9.17, 15) is 8.78 Å². The van der Waals surface area contributed by atoms with E-state index >= 15 is 0 Å². The number of nitrogens with one attached hydrogen (secondary N) is 1. The lowest BCUT2D eigenvalue weighted by atomic mass is 9.94. The van der Waals surface area contributed by atoms with Gasteiger partial charge in [-0.15, -0.1) is 0 Å². The number of halogens is 2. The van der Waals surface area contributed by atoms with Crippen LogP contribution in [0.5, 0.6) is 0 Å². The predicted octanol–water partition coefficient (Wildman–Crippen LogP) is 3.70. The molecule has 2 atom stereocenters. The summed E-state index contributed by atoms with van der Waals surface area (Å²) in [6, 6.07) is 6.62. The minimum Gasteiger partial charge on any atom is -0.373 e. The van der Waals surface area contributed by atoms with E-state index in [1.165, 1.54) is 6.07 Å². The lowest BCUT2D eigenvalue weighted by Gasteiger charge is -2.20. The molecule has 1 aliphatic heterocycles. The Bertz CT molecular complexity index is 397. The molecular weight excluding hydrogens is 248 g/mol. The first kappa shape index (κ1) is 14.4. The second-order valence-electron chi connectivity index (χ2n) is 5.02. The minimum atomic E-state index is -2.42. The van der Waals surface area contributed by atoms with Crippen molar-refractivity contribution in [1.29, 1.82) is 0 Å². The first-order valence-electron chi connectivity index (χ1n) is 6.92. The van der Waals surface area contributed by atoms with E-state index in [-0.39, 0.29) is 11.7 Å². The van der Waals surface area contributed by atoms with Gasteiger partial charge in [0.05, 0.1) is 6.10 Å². The molecule has 0 bridgehead atoms. The smallest absolute Gasteiger partial charge is 0.263 e. The van der Waals surface area contributed by atoms with Gasteiger partial charge in [0.25, 0.3) is 6.43 Å². The van der Waals surface area contributed by atoms with Crippen LogP contribution in [0.4, 0.5) is 8.78 Å². The molecule has 0 amide bonds. The molecule has 0 saturated carbocycles. The van der Waals surface area contributed by atoms with E-state index in [2.05, 4.69) is 12.2 Å². The lowest BCUT2D eigenvalue weighted by Crippen LogP contribution is -2.25. The van der Waals surface area contributed by atoms with E-state index in [0.29, 0.717) is 12.5 Å². The van der Waals surface area contributed by atoms with Crippen molar-refractivity contribution in [2.45, 2.75) is 32.3 Å². The van der Waals surface area contributed by atoms with E-state index in [1.54, 1.807) is 12.1 Å². The topological polar surface area (TPSA) is 21.3 Å². The third kappa shape index (κ3) is 3.74. The van der Waals surface area contributed by atoms with Gasteiger partial charge in [-0.1, -0.05) is 25.1 Å². The zero-order chi connectivity index (χ0) is 13.7. The molecule has 19 heavy (non-hydrogen) atoms. The van der Waals surface area contributed by atoms with Gasteiger partial charge in [-0.3, -0.25) is 0 Å². The summed E-state index contributed by atoms with van der Waals surface area (Å²) in [4.78, 5) is 0. The van der Waals surface area contributed by atoms with Gasteiger partial charge in [0.1, 0.15) is 0 Å². The Morgan fingerprint density at radius 2 is 2.26 bits per heavy atom. The molecule has 0 aliphatic carbocycles. The van der Waals surface area contributed by atoms with Gasteiger partial charge in [-0.25, -0.2) is 8.78 Å². The lowest BCUT2D eigenvalue weighted by molar-refractivity contribution is 0.0899. The number of hydrogen-bond donors (Lipinski definition) is 1. The summed E-state index contributed by atoms with van der Waals surface area (Å²) < 4.78 is 31.2. The average molecular weight is 269 g/mol. The van der Waals surface area contributed by atoms with Crippen LogP contribution in [0.25, 0.3) is 0 Å². The molecule has 0 aromatic heterocycles. The first-order chi connectivity index (χ1) is 9.22. The quantitative estimate of drug-likeness (QED) is 0.795. The average Bonchev–Trinajstić information content (AvgIpc) is 2.87. The number of benzene rings is 1. The summed E-state index contributed by atoms with van der Waals surface area (Å²) in [5.74, 6) is 0.375. The van der Waals surface area contributed by atoms with Crippen molar-refractivity contribution >= 4 is 0 Å². The first-order valence-corrected chi connectivity index (χ1v) is 6.92. The molecule has 1 N–H and O–H groups in total. The summed E-state index contributed by atoms with van der Waals surface area (Å²) in [5.41, 5.74) is 0.951. The zero-order valence-corrected chi connectivity index (χ0v) is 11.2. The van der Waals surface area contributed by atoms with Crippen molar-refractivity contribution in [3.63, 3.8) is 0 Å². The van der Waals surface area contributed by atoms with Gasteiger partial charge in [0.2, 0.25) is 0 Å². The Morgan fingerprint density at radius 3 is 3.00 bits per heavy atom. The summed E-state index contributed by atoms with van der Waals surface area (Å²) >= 11 is 0. The summed E-state index contributed by atoms with van der Waals surface area (Å²) in [7, 11) is 0. The zero-order valence-electron chi connectivity index (χ0n) is 11.2. The Balaban J connectivity index is 2.04. The highest BCUT2D eigenvalue weighted by atomic mass is 19.3. The largest absolute Gasteiger partial charge is 0.373 e. The van der Waals surface area contributed by atoms with Crippen LogP contribution in [-0.4, -0.2) is 19.7 Å². The molecule has 0 radical (unpaired) electrons. The number of hydrogen-bond acceptors (Lipinski definition) is 2. The van der Waals surface area contributed by atoms with Crippen LogP contribution in [0.1, 0.15) is 43.4 Å². The monoisotopic (exact) mass is 269 g/mol. The molecule has 1 aromatic carbocycles.